The summed E-state index contributed by atoms with van der Waals surface area (Å²) in [6.45, 7) is 2.31. The smallest absolute Gasteiger partial charge is 0.113 e. The Hall–Kier alpha value is -0.990. The zero-order valence-corrected chi connectivity index (χ0v) is 23.5. The third kappa shape index (κ3) is 6.37. The Morgan fingerprint density at radius 3 is 1.33 bits per heavy atom. The molecule has 4 aromatic carbocycles. The lowest BCUT2D eigenvalue weighted by Gasteiger charge is -2.30. The standard InChI is InChI=1S/C27H23Cl3PS.BrH/c1-20(32-27-5-3-2-4-6-27)19-31(24-13-7-21(28)8-14-24,25-15-9-22(29)10-16-25)26-17-11-23(30)12-18-26;/h2-18,20H,19H2,1H3;1H/q+1;/p-1. The molecule has 0 bridgehead atoms. The van der Waals surface area contributed by atoms with Crippen molar-refractivity contribution in [2.75, 3.05) is 6.16 Å². The molecule has 0 heterocycles. The summed E-state index contributed by atoms with van der Waals surface area (Å²) in [5, 5.41) is 6.50. The molecule has 4 aromatic rings. The summed E-state index contributed by atoms with van der Waals surface area (Å²) in [6.07, 6.45) is 0.997. The van der Waals surface area contributed by atoms with Crippen LogP contribution in [-0.4, -0.2) is 11.4 Å². The summed E-state index contributed by atoms with van der Waals surface area (Å²) in [5.74, 6) is 0. The van der Waals surface area contributed by atoms with Gasteiger partial charge in [-0.2, -0.15) is 0 Å². The second-order valence-corrected chi connectivity index (χ2v) is 14.0. The Balaban J connectivity index is 0.00000306. The van der Waals surface area contributed by atoms with Gasteiger partial charge in [0.15, 0.2) is 0 Å². The van der Waals surface area contributed by atoms with E-state index in [0.717, 1.165) is 21.2 Å². The largest absolute Gasteiger partial charge is 1.00 e. The lowest BCUT2D eigenvalue weighted by molar-refractivity contribution is -0.00000594. The molecule has 0 fully saturated rings. The van der Waals surface area contributed by atoms with Gasteiger partial charge in [0.2, 0.25) is 0 Å². The highest BCUT2D eigenvalue weighted by Gasteiger charge is 2.46. The molecule has 4 rings (SSSR count). The van der Waals surface area contributed by atoms with Crippen LogP contribution in [0.15, 0.2) is 108 Å². The minimum absolute atomic E-state index is 0. The quantitative estimate of drug-likeness (QED) is 0.211. The lowest BCUT2D eigenvalue weighted by atomic mass is 10.3. The molecule has 0 saturated carbocycles. The predicted molar refractivity (Wildman–Crippen MR) is 147 cm³/mol. The van der Waals surface area contributed by atoms with Crippen molar-refractivity contribution in [3.8, 4) is 0 Å². The van der Waals surface area contributed by atoms with Gasteiger partial charge in [-0.15, -0.1) is 11.8 Å². The molecule has 6 heteroatoms. The molecule has 1 atom stereocenters. The molecule has 0 N–H and O–H groups in total. The lowest BCUT2D eigenvalue weighted by Crippen LogP contribution is -3.00. The van der Waals surface area contributed by atoms with Crippen molar-refractivity contribution >= 4 is 69.7 Å². The van der Waals surface area contributed by atoms with Gasteiger partial charge in [-0.1, -0.05) is 53.0 Å². The summed E-state index contributed by atoms with van der Waals surface area (Å²) in [5.41, 5.74) is 0. The average molecular weight is 597 g/mol. The fraction of sp³-hybridized carbons (Fsp3) is 0.111. The molecule has 0 spiro atoms. The van der Waals surface area contributed by atoms with Gasteiger partial charge >= 0.3 is 0 Å². The van der Waals surface area contributed by atoms with Crippen LogP contribution in [0.2, 0.25) is 15.1 Å². The normalized spacial score (nSPS) is 12.1. The molecular formula is C27H23BrCl3PS. The second-order valence-electron chi connectivity index (χ2n) is 7.66. The SMILES string of the molecule is CC(C[P+](c1ccc(Cl)cc1)(c1ccc(Cl)cc1)c1ccc(Cl)cc1)Sc1ccccc1.[Br-]. The van der Waals surface area contributed by atoms with E-state index in [1.165, 1.54) is 20.8 Å². The van der Waals surface area contributed by atoms with Crippen molar-refractivity contribution in [3.05, 3.63) is 118 Å². The molecule has 0 aliphatic carbocycles. The number of thioether (sulfide) groups is 1. The number of benzene rings is 4. The second kappa shape index (κ2) is 12.1. The fourth-order valence-corrected chi connectivity index (χ4v) is 10.4. The monoisotopic (exact) mass is 594 g/mol. The van der Waals surface area contributed by atoms with Crippen LogP contribution in [0, 0.1) is 0 Å². The predicted octanol–water partition coefficient (Wildman–Crippen LogP) is 5.13. The third-order valence-corrected chi connectivity index (χ3v) is 12.2. The maximum Gasteiger partial charge on any atom is 0.113 e. The molecule has 0 aliphatic rings. The summed E-state index contributed by atoms with van der Waals surface area (Å²) in [7, 11) is -2.00. The van der Waals surface area contributed by atoms with Crippen LogP contribution in [0.25, 0.3) is 0 Å². The van der Waals surface area contributed by atoms with Crippen LogP contribution < -0.4 is 32.9 Å². The van der Waals surface area contributed by atoms with Gasteiger partial charge in [0.25, 0.3) is 0 Å². The first kappa shape index (κ1) is 26.6. The van der Waals surface area contributed by atoms with Gasteiger partial charge in [-0.25, -0.2) is 0 Å². The van der Waals surface area contributed by atoms with Crippen LogP contribution in [0.5, 0.6) is 0 Å². The molecule has 0 aliphatic heterocycles. The van der Waals surface area contributed by atoms with Crippen LogP contribution in [-0.2, 0) is 0 Å². The third-order valence-electron chi connectivity index (χ3n) is 5.41. The van der Waals surface area contributed by atoms with Crippen LogP contribution in [0.3, 0.4) is 0 Å². The van der Waals surface area contributed by atoms with E-state index in [1.807, 2.05) is 48.2 Å². The number of rotatable bonds is 7. The van der Waals surface area contributed by atoms with Crippen molar-refractivity contribution in [1.82, 2.24) is 0 Å². The average Bonchev–Trinajstić information content (AvgIpc) is 2.80. The Labute approximate surface area is 226 Å². The number of hydrogen-bond acceptors (Lipinski definition) is 1. The molecule has 0 nitrogen and oxygen atoms in total. The Bertz CT molecular complexity index is 1040. The van der Waals surface area contributed by atoms with Gasteiger partial charge in [0, 0.05) is 25.2 Å². The topological polar surface area (TPSA) is 0 Å². The molecule has 0 amide bonds. The first-order valence-electron chi connectivity index (χ1n) is 10.4. The van der Waals surface area contributed by atoms with Crippen LogP contribution in [0.4, 0.5) is 0 Å². The molecule has 0 saturated heterocycles. The molecule has 170 valence electrons. The summed E-state index contributed by atoms with van der Waals surface area (Å²) >= 11 is 20.8. The highest BCUT2D eigenvalue weighted by molar-refractivity contribution is 8.02. The first-order chi connectivity index (χ1) is 15.5. The van der Waals surface area contributed by atoms with Gasteiger partial charge in [0.1, 0.15) is 23.2 Å². The maximum atomic E-state index is 6.28. The highest BCUT2D eigenvalue weighted by atomic mass is 79.9. The van der Waals surface area contributed by atoms with Gasteiger partial charge in [-0.05, 0) is 91.9 Å². The van der Waals surface area contributed by atoms with Crippen molar-refractivity contribution in [3.63, 3.8) is 0 Å². The Morgan fingerprint density at radius 2 is 0.970 bits per heavy atom. The van der Waals surface area contributed by atoms with Gasteiger partial charge in [-0.3, -0.25) is 0 Å². The zero-order valence-electron chi connectivity index (χ0n) is 18.0. The summed E-state index contributed by atoms with van der Waals surface area (Å²) in [4.78, 5) is 1.28. The van der Waals surface area contributed by atoms with E-state index in [9.17, 15) is 0 Å². The van der Waals surface area contributed by atoms with E-state index >= 15 is 0 Å². The van der Waals surface area contributed by atoms with E-state index in [1.54, 1.807) is 0 Å². The van der Waals surface area contributed by atoms with E-state index in [0.29, 0.717) is 5.25 Å². The van der Waals surface area contributed by atoms with E-state index in [-0.39, 0.29) is 17.0 Å². The Kier molecular flexibility index (Phi) is 9.77. The van der Waals surface area contributed by atoms with Crippen LogP contribution >= 0.6 is 53.8 Å². The molecular weight excluding hydrogens is 574 g/mol. The minimum Gasteiger partial charge on any atom is -1.00 e. The summed E-state index contributed by atoms with van der Waals surface area (Å²) in [6, 6.07) is 35.6. The van der Waals surface area contributed by atoms with Crippen molar-refractivity contribution in [2.45, 2.75) is 17.1 Å². The number of hydrogen-bond donors (Lipinski definition) is 0. The van der Waals surface area contributed by atoms with E-state index in [4.69, 9.17) is 34.8 Å². The highest BCUT2D eigenvalue weighted by Crippen LogP contribution is 2.57. The maximum absolute atomic E-state index is 6.28. The van der Waals surface area contributed by atoms with E-state index < -0.39 is 7.26 Å². The van der Waals surface area contributed by atoms with Gasteiger partial charge < -0.3 is 17.0 Å². The van der Waals surface area contributed by atoms with Gasteiger partial charge in [0.05, 0.1) is 6.16 Å². The number of halogens is 4. The van der Waals surface area contributed by atoms with Crippen molar-refractivity contribution in [1.29, 1.82) is 0 Å². The molecule has 0 aromatic heterocycles. The van der Waals surface area contributed by atoms with Crippen molar-refractivity contribution < 1.29 is 17.0 Å². The molecule has 0 radical (unpaired) electrons. The fourth-order valence-electron chi connectivity index (χ4n) is 4.00. The van der Waals surface area contributed by atoms with Crippen molar-refractivity contribution in [2.24, 2.45) is 0 Å². The van der Waals surface area contributed by atoms with E-state index in [2.05, 4.69) is 73.7 Å². The minimum atomic E-state index is -2.00. The summed E-state index contributed by atoms with van der Waals surface area (Å²) < 4.78 is 0. The zero-order chi connectivity index (χ0) is 22.6. The van der Waals surface area contributed by atoms with Crippen LogP contribution in [0.1, 0.15) is 6.92 Å². The molecule has 1 unspecified atom stereocenters. The Morgan fingerprint density at radius 1 is 0.606 bits per heavy atom. The first-order valence-corrected chi connectivity index (χ1v) is 14.3. The molecule has 33 heavy (non-hydrogen) atoms.